The SMILES string of the molecule is C[C@]1(C(=O)Nc2cccc(Cl)c2)[C@@H](c2cccc(Cl)c2F)[C@@H]2c3nc4cc(C(=O)NCCO)ccc4n3CC[C@@H]2N1CC1CC1. The molecule has 2 fully saturated rings. The highest BCUT2D eigenvalue weighted by atomic mass is 35.5. The van der Waals surface area contributed by atoms with Gasteiger partial charge in [-0.15, -0.1) is 0 Å². The molecule has 3 aromatic carbocycles. The van der Waals surface area contributed by atoms with Crippen LogP contribution in [0.3, 0.4) is 0 Å². The van der Waals surface area contributed by atoms with Gasteiger partial charge < -0.3 is 20.3 Å². The van der Waals surface area contributed by atoms with Crippen molar-refractivity contribution in [1.82, 2.24) is 19.8 Å². The van der Waals surface area contributed by atoms with Crippen molar-refractivity contribution in [2.24, 2.45) is 5.92 Å². The second kappa shape index (κ2) is 11.7. The lowest BCUT2D eigenvalue weighted by molar-refractivity contribution is -0.127. The zero-order valence-electron chi connectivity index (χ0n) is 24.8. The Kier molecular flexibility index (Phi) is 7.84. The Balaban J connectivity index is 1.39. The number of aromatic nitrogens is 2. The summed E-state index contributed by atoms with van der Waals surface area (Å²) in [5.74, 6) is -0.799. The van der Waals surface area contributed by atoms with Crippen LogP contribution in [0.4, 0.5) is 10.1 Å². The molecule has 4 aromatic rings. The third kappa shape index (κ3) is 5.19. The van der Waals surface area contributed by atoms with Gasteiger partial charge in [0.05, 0.1) is 22.7 Å². The maximum atomic E-state index is 16.1. The van der Waals surface area contributed by atoms with E-state index in [9.17, 15) is 9.59 Å². The van der Waals surface area contributed by atoms with Gasteiger partial charge in [-0.3, -0.25) is 14.5 Å². The Morgan fingerprint density at radius 3 is 2.64 bits per heavy atom. The number of aliphatic hydroxyl groups is 1. The van der Waals surface area contributed by atoms with Crippen LogP contribution in [0.1, 0.15) is 59.8 Å². The van der Waals surface area contributed by atoms with Crippen molar-refractivity contribution in [2.45, 2.75) is 56.1 Å². The van der Waals surface area contributed by atoms with Gasteiger partial charge in [-0.2, -0.15) is 0 Å². The molecule has 1 saturated heterocycles. The minimum atomic E-state index is -1.16. The molecule has 3 heterocycles. The molecule has 1 aromatic heterocycles. The second-order valence-electron chi connectivity index (χ2n) is 12.5. The molecule has 234 valence electrons. The molecule has 0 radical (unpaired) electrons. The van der Waals surface area contributed by atoms with Gasteiger partial charge in [0.1, 0.15) is 17.2 Å². The van der Waals surface area contributed by atoms with Gasteiger partial charge in [0, 0.05) is 53.8 Å². The molecule has 3 N–H and O–H groups in total. The number of carbonyl (C=O) groups excluding carboxylic acids is 2. The van der Waals surface area contributed by atoms with E-state index in [1.54, 1.807) is 48.5 Å². The molecule has 1 saturated carbocycles. The minimum absolute atomic E-state index is 0.00476. The maximum absolute atomic E-state index is 16.1. The fourth-order valence-electron chi connectivity index (χ4n) is 7.51. The van der Waals surface area contributed by atoms with E-state index in [-0.39, 0.29) is 41.9 Å². The molecule has 3 aliphatic rings. The van der Waals surface area contributed by atoms with Crippen molar-refractivity contribution in [3.63, 3.8) is 0 Å². The summed E-state index contributed by atoms with van der Waals surface area (Å²) in [5, 5.41) is 15.4. The second-order valence-corrected chi connectivity index (χ2v) is 13.4. The van der Waals surface area contributed by atoms with E-state index in [1.807, 2.05) is 13.0 Å². The molecular formula is C34H34Cl2FN5O3. The number of nitrogens with one attached hydrogen (secondary N) is 2. The van der Waals surface area contributed by atoms with Crippen molar-refractivity contribution in [2.75, 3.05) is 25.0 Å². The molecule has 8 nitrogen and oxygen atoms in total. The number of aryl methyl sites for hydroxylation is 1. The minimum Gasteiger partial charge on any atom is -0.395 e. The Morgan fingerprint density at radius 1 is 1.09 bits per heavy atom. The first-order valence-corrected chi connectivity index (χ1v) is 16.1. The predicted octanol–water partition coefficient (Wildman–Crippen LogP) is 5.97. The first kappa shape index (κ1) is 30.2. The molecule has 0 spiro atoms. The van der Waals surface area contributed by atoms with Crippen LogP contribution in [0.5, 0.6) is 0 Å². The molecule has 11 heteroatoms. The summed E-state index contributed by atoms with van der Waals surface area (Å²) in [7, 11) is 0. The number of aliphatic hydroxyl groups excluding tert-OH is 1. The van der Waals surface area contributed by atoms with E-state index in [4.69, 9.17) is 33.3 Å². The lowest BCUT2D eigenvalue weighted by atomic mass is 9.73. The number of amides is 2. The van der Waals surface area contributed by atoms with Gasteiger partial charge in [-0.05, 0) is 80.1 Å². The molecule has 7 rings (SSSR count). The number of likely N-dealkylation sites (tertiary alicyclic amines) is 1. The number of anilines is 1. The van der Waals surface area contributed by atoms with E-state index < -0.39 is 17.3 Å². The molecule has 2 amide bonds. The predicted molar refractivity (Wildman–Crippen MR) is 172 cm³/mol. The number of nitrogens with zero attached hydrogens (tertiary/aromatic N) is 3. The monoisotopic (exact) mass is 649 g/mol. The van der Waals surface area contributed by atoms with Crippen LogP contribution in [0.25, 0.3) is 11.0 Å². The Morgan fingerprint density at radius 2 is 1.89 bits per heavy atom. The van der Waals surface area contributed by atoms with Crippen LogP contribution in [-0.4, -0.2) is 62.6 Å². The third-order valence-corrected chi connectivity index (χ3v) is 10.3. The zero-order chi connectivity index (χ0) is 31.5. The average Bonchev–Trinajstić information content (AvgIpc) is 3.72. The number of rotatable bonds is 8. The van der Waals surface area contributed by atoms with Crippen LogP contribution in [0.15, 0.2) is 60.7 Å². The lowest BCUT2D eigenvalue weighted by Crippen LogP contribution is -2.56. The van der Waals surface area contributed by atoms with Crippen LogP contribution in [0.2, 0.25) is 10.0 Å². The van der Waals surface area contributed by atoms with Crippen molar-refractivity contribution >= 4 is 51.7 Å². The largest absolute Gasteiger partial charge is 0.395 e. The number of hydrogen-bond acceptors (Lipinski definition) is 5. The Labute approximate surface area is 270 Å². The Bertz CT molecular complexity index is 1810. The summed E-state index contributed by atoms with van der Waals surface area (Å²) < 4.78 is 18.3. The van der Waals surface area contributed by atoms with Crippen LogP contribution in [0, 0.1) is 11.7 Å². The van der Waals surface area contributed by atoms with E-state index >= 15 is 4.39 Å². The van der Waals surface area contributed by atoms with E-state index in [1.165, 1.54) is 6.07 Å². The van der Waals surface area contributed by atoms with Gasteiger partial charge >= 0.3 is 0 Å². The topological polar surface area (TPSA) is 99.5 Å². The van der Waals surface area contributed by atoms with Crippen molar-refractivity contribution in [3.8, 4) is 0 Å². The summed E-state index contributed by atoms with van der Waals surface area (Å²) in [6.07, 6.45) is 2.93. The quantitative estimate of drug-likeness (QED) is 0.219. The third-order valence-electron chi connectivity index (χ3n) is 9.77. The van der Waals surface area contributed by atoms with Crippen LogP contribution < -0.4 is 10.6 Å². The normalized spacial score (nSPS) is 24.3. The fourth-order valence-corrected chi connectivity index (χ4v) is 7.89. The van der Waals surface area contributed by atoms with Crippen LogP contribution >= 0.6 is 23.2 Å². The number of carbonyl (C=O) groups is 2. The molecule has 2 aliphatic heterocycles. The highest BCUT2D eigenvalue weighted by Gasteiger charge is 2.63. The molecular weight excluding hydrogens is 616 g/mol. The van der Waals surface area contributed by atoms with Crippen molar-refractivity contribution in [1.29, 1.82) is 0 Å². The maximum Gasteiger partial charge on any atom is 0.251 e. The van der Waals surface area contributed by atoms with Gasteiger partial charge in [0.2, 0.25) is 5.91 Å². The Hall–Kier alpha value is -3.50. The summed E-state index contributed by atoms with van der Waals surface area (Å²) in [4.78, 5) is 34.7. The van der Waals surface area contributed by atoms with E-state index in [2.05, 4.69) is 20.1 Å². The van der Waals surface area contributed by atoms with Gasteiger partial charge in [0.25, 0.3) is 5.91 Å². The first-order valence-electron chi connectivity index (χ1n) is 15.4. The highest BCUT2D eigenvalue weighted by Crippen LogP contribution is 2.58. The summed E-state index contributed by atoms with van der Waals surface area (Å²) in [6.45, 7) is 3.31. The average molecular weight is 651 g/mol. The number of benzene rings is 3. The molecule has 1 aliphatic carbocycles. The molecule has 45 heavy (non-hydrogen) atoms. The van der Waals surface area contributed by atoms with E-state index in [0.717, 1.165) is 30.6 Å². The highest BCUT2D eigenvalue weighted by molar-refractivity contribution is 6.31. The number of imidazole rings is 1. The van der Waals surface area contributed by atoms with Gasteiger partial charge in [0.15, 0.2) is 0 Å². The molecule has 0 bridgehead atoms. The number of hydrogen-bond donors (Lipinski definition) is 3. The summed E-state index contributed by atoms with van der Waals surface area (Å²) >= 11 is 12.7. The van der Waals surface area contributed by atoms with Crippen molar-refractivity contribution in [3.05, 3.63) is 93.5 Å². The summed E-state index contributed by atoms with van der Waals surface area (Å²) in [5.41, 5.74) is 1.75. The molecule has 0 unspecified atom stereocenters. The standard InChI is InChI=1S/C34H34Cl2FN5O3/c1-34(33(45)39-22-5-2-4-21(35)17-22)29(23-6-3-7-24(36)30(23)37)28-27(42(34)18-19-8-9-19)12-14-41-26-11-10-20(32(44)38-13-15-43)16-25(26)40-31(28)41/h2-7,10-11,16-17,19,27-29,43H,8-9,12-15,18H2,1H3,(H,38,44)(H,39,45)/t27-,28+,29-,34+/m0/s1. The zero-order valence-corrected chi connectivity index (χ0v) is 26.3. The number of halogens is 3. The summed E-state index contributed by atoms with van der Waals surface area (Å²) in [6, 6.07) is 17.3. The van der Waals surface area contributed by atoms with Gasteiger partial charge in [-0.25, -0.2) is 9.37 Å². The van der Waals surface area contributed by atoms with Gasteiger partial charge in [-0.1, -0.05) is 41.4 Å². The number of fused-ring (bicyclic) bond motifs is 5. The smallest absolute Gasteiger partial charge is 0.251 e. The van der Waals surface area contributed by atoms with Crippen LogP contribution in [-0.2, 0) is 11.3 Å². The molecule has 4 atom stereocenters. The lowest BCUT2D eigenvalue weighted by Gasteiger charge is -2.40. The first-order chi connectivity index (χ1) is 21.7. The van der Waals surface area contributed by atoms with E-state index in [0.29, 0.717) is 46.4 Å². The fraction of sp³-hybridized carbons (Fsp3) is 0.382. The van der Waals surface area contributed by atoms with Crippen molar-refractivity contribution < 1.29 is 19.1 Å².